The summed E-state index contributed by atoms with van der Waals surface area (Å²) < 4.78 is 0. The van der Waals surface area contributed by atoms with Crippen LogP contribution in [-0.2, 0) is 6.42 Å². The topological polar surface area (TPSA) is 12.9 Å². The van der Waals surface area contributed by atoms with Crippen LogP contribution in [0.3, 0.4) is 0 Å². The van der Waals surface area contributed by atoms with Crippen molar-refractivity contribution in [1.82, 2.24) is 4.98 Å². The van der Waals surface area contributed by atoms with Gasteiger partial charge in [0, 0.05) is 17.3 Å². The van der Waals surface area contributed by atoms with Crippen LogP contribution in [0.5, 0.6) is 0 Å². The summed E-state index contributed by atoms with van der Waals surface area (Å²) in [6.45, 7) is 4.51. The summed E-state index contributed by atoms with van der Waals surface area (Å²) in [6, 6.07) is 6.13. The normalized spacial score (nSPS) is 18.2. The van der Waals surface area contributed by atoms with Crippen LogP contribution in [0.2, 0.25) is 0 Å². The number of hydrogen-bond donors (Lipinski definition) is 0. The Morgan fingerprint density at radius 3 is 2.81 bits per heavy atom. The minimum Gasteiger partial charge on any atom is -0.261 e. The standard InChI is InChI=1S/C15H19N/c1-15(2)10-5-6-13(12-15)8-9-14-7-3-4-11-16-14/h3-5,7,10-12H,6,8-9H2,1-2H3. The quantitative estimate of drug-likeness (QED) is 0.693. The van der Waals surface area contributed by atoms with Gasteiger partial charge in [0.05, 0.1) is 0 Å². The van der Waals surface area contributed by atoms with Crippen LogP contribution >= 0.6 is 0 Å². The molecule has 0 fully saturated rings. The Bertz CT molecular complexity index is 399. The van der Waals surface area contributed by atoms with Gasteiger partial charge in [-0.15, -0.1) is 0 Å². The molecular formula is C15H19N. The van der Waals surface area contributed by atoms with Gasteiger partial charge in [-0.05, 0) is 31.4 Å². The minimum atomic E-state index is 0.234. The van der Waals surface area contributed by atoms with Crippen molar-refractivity contribution in [2.45, 2.75) is 33.1 Å². The Balaban J connectivity index is 1.94. The van der Waals surface area contributed by atoms with Gasteiger partial charge in [0.25, 0.3) is 0 Å². The molecule has 0 spiro atoms. The van der Waals surface area contributed by atoms with Crippen LogP contribution in [0.4, 0.5) is 0 Å². The molecule has 16 heavy (non-hydrogen) atoms. The second-order valence-corrected chi connectivity index (χ2v) is 5.05. The zero-order chi connectivity index (χ0) is 11.4. The molecule has 0 aromatic carbocycles. The van der Waals surface area contributed by atoms with Gasteiger partial charge in [-0.25, -0.2) is 0 Å². The Morgan fingerprint density at radius 2 is 2.12 bits per heavy atom. The number of aryl methyl sites for hydroxylation is 1. The lowest BCUT2D eigenvalue weighted by Gasteiger charge is -2.22. The van der Waals surface area contributed by atoms with E-state index in [2.05, 4.69) is 49.2 Å². The molecule has 1 aliphatic rings. The number of allylic oxidation sites excluding steroid dienone is 4. The van der Waals surface area contributed by atoms with Crippen LogP contribution in [-0.4, -0.2) is 4.98 Å². The predicted molar refractivity (Wildman–Crippen MR) is 68.2 cm³/mol. The van der Waals surface area contributed by atoms with Crippen molar-refractivity contribution in [3.8, 4) is 0 Å². The van der Waals surface area contributed by atoms with E-state index >= 15 is 0 Å². The fraction of sp³-hybridized carbons (Fsp3) is 0.400. The molecule has 1 heteroatoms. The molecule has 0 atom stereocenters. The smallest absolute Gasteiger partial charge is 0.0406 e. The Kier molecular flexibility index (Phi) is 3.23. The van der Waals surface area contributed by atoms with Crippen molar-refractivity contribution >= 4 is 0 Å². The molecule has 0 unspecified atom stereocenters. The van der Waals surface area contributed by atoms with E-state index < -0.39 is 0 Å². The highest BCUT2D eigenvalue weighted by atomic mass is 14.7. The van der Waals surface area contributed by atoms with E-state index in [4.69, 9.17) is 0 Å². The summed E-state index contributed by atoms with van der Waals surface area (Å²) in [4.78, 5) is 4.35. The van der Waals surface area contributed by atoms with Crippen molar-refractivity contribution in [3.63, 3.8) is 0 Å². The maximum absolute atomic E-state index is 4.35. The van der Waals surface area contributed by atoms with Crippen LogP contribution < -0.4 is 0 Å². The van der Waals surface area contributed by atoms with Gasteiger partial charge in [0.15, 0.2) is 0 Å². The molecule has 0 radical (unpaired) electrons. The Morgan fingerprint density at radius 1 is 1.25 bits per heavy atom. The molecule has 0 bridgehead atoms. The van der Waals surface area contributed by atoms with Crippen molar-refractivity contribution in [2.24, 2.45) is 5.41 Å². The highest BCUT2D eigenvalue weighted by Crippen LogP contribution is 2.29. The highest BCUT2D eigenvalue weighted by Gasteiger charge is 2.14. The maximum Gasteiger partial charge on any atom is 0.0406 e. The zero-order valence-corrected chi connectivity index (χ0v) is 10.1. The van der Waals surface area contributed by atoms with E-state index in [-0.39, 0.29) is 5.41 Å². The molecule has 1 heterocycles. The van der Waals surface area contributed by atoms with Crippen molar-refractivity contribution in [3.05, 3.63) is 53.9 Å². The van der Waals surface area contributed by atoms with E-state index in [1.165, 1.54) is 11.3 Å². The first kappa shape index (κ1) is 11.1. The maximum atomic E-state index is 4.35. The summed E-state index contributed by atoms with van der Waals surface area (Å²) in [5.41, 5.74) is 2.96. The first-order chi connectivity index (χ1) is 7.66. The molecule has 1 aromatic rings. The third kappa shape index (κ3) is 3.06. The minimum absolute atomic E-state index is 0.234. The third-order valence-corrected chi connectivity index (χ3v) is 2.93. The molecule has 1 aromatic heterocycles. The van der Waals surface area contributed by atoms with Gasteiger partial charge in [-0.1, -0.05) is 43.7 Å². The fourth-order valence-electron chi connectivity index (χ4n) is 2.16. The molecule has 0 saturated heterocycles. The zero-order valence-electron chi connectivity index (χ0n) is 10.1. The second kappa shape index (κ2) is 4.65. The van der Waals surface area contributed by atoms with E-state index in [1.807, 2.05) is 12.3 Å². The first-order valence-electron chi connectivity index (χ1n) is 5.94. The lowest BCUT2D eigenvalue weighted by molar-refractivity contribution is 0.600. The second-order valence-electron chi connectivity index (χ2n) is 5.05. The van der Waals surface area contributed by atoms with E-state index in [0.29, 0.717) is 0 Å². The molecule has 0 N–H and O–H groups in total. The summed E-state index contributed by atoms with van der Waals surface area (Å²) in [5.74, 6) is 0. The average molecular weight is 213 g/mol. The van der Waals surface area contributed by atoms with Crippen molar-refractivity contribution < 1.29 is 0 Å². The molecule has 2 rings (SSSR count). The van der Waals surface area contributed by atoms with Gasteiger partial charge in [-0.3, -0.25) is 4.98 Å². The van der Waals surface area contributed by atoms with E-state index in [1.54, 1.807) is 0 Å². The molecule has 0 aliphatic heterocycles. The lowest BCUT2D eigenvalue weighted by atomic mass is 9.84. The van der Waals surface area contributed by atoms with Crippen LogP contribution in [0, 0.1) is 5.41 Å². The van der Waals surface area contributed by atoms with Crippen molar-refractivity contribution in [1.29, 1.82) is 0 Å². The SMILES string of the molecule is CC1(C)C=CCC(CCc2ccccn2)=C1. The van der Waals surface area contributed by atoms with Gasteiger partial charge < -0.3 is 0 Å². The molecule has 1 nitrogen and oxygen atoms in total. The largest absolute Gasteiger partial charge is 0.261 e. The van der Waals surface area contributed by atoms with Crippen LogP contribution in [0.25, 0.3) is 0 Å². The summed E-state index contributed by atoms with van der Waals surface area (Å²) >= 11 is 0. The van der Waals surface area contributed by atoms with Gasteiger partial charge >= 0.3 is 0 Å². The van der Waals surface area contributed by atoms with Crippen molar-refractivity contribution in [2.75, 3.05) is 0 Å². The lowest BCUT2D eigenvalue weighted by Crippen LogP contribution is -2.08. The summed E-state index contributed by atoms with van der Waals surface area (Å²) in [5, 5.41) is 0. The Labute approximate surface area is 97.9 Å². The summed E-state index contributed by atoms with van der Waals surface area (Å²) in [6.07, 6.45) is 12.1. The number of aromatic nitrogens is 1. The van der Waals surface area contributed by atoms with E-state index in [0.717, 1.165) is 19.3 Å². The third-order valence-electron chi connectivity index (χ3n) is 2.93. The molecule has 1 aliphatic carbocycles. The average Bonchev–Trinajstić information content (AvgIpc) is 2.27. The number of hydrogen-bond acceptors (Lipinski definition) is 1. The van der Waals surface area contributed by atoms with E-state index in [9.17, 15) is 0 Å². The monoisotopic (exact) mass is 213 g/mol. The fourth-order valence-corrected chi connectivity index (χ4v) is 2.16. The number of pyridine rings is 1. The van der Waals surface area contributed by atoms with Crippen LogP contribution in [0.1, 0.15) is 32.4 Å². The first-order valence-corrected chi connectivity index (χ1v) is 5.94. The Hall–Kier alpha value is -1.37. The van der Waals surface area contributed by atoms with Crippen LogP contribution in [0.15, 0.2) is 48.2 Å². The van der Waals surface area contributed by atoms with Gasteiger partial charge in [0.2, 0.25) is 0 Å². The summed E-state index contributed by atoms with van der Waals surface area (Å²) in [7, 11) is 0. The number of rotatable bonds is 3. The molecule has 84 valence electrons. The van der Waals surface area contributed by atoms with Gasteiger partial charge in [0.1, 0.15) is 0 Å². The van der Waals surface area contributed by atoms with Gasteiger partial charge in [-0.2, -0.15) is 0 Å². The molecule has 0 amide bonds. The number of nitrogens with zero attached hydrogens (tertiary/aromatic N) is 1. The molecular weight excluding hydrogens is 194 g/mol. The molecule has 0 saturated carbocycles. The predicted octanol–water partition coefficient (Wildman–Crippen LogP) is 3.93. The highest BCUT2D eigenvalue weighted by molar-refractivity contribution is 5.23.